The molecule has 0 bridgehead atoms. The van der Waals surface area contributed by atoms with Crippen LogP contribution in [-0.2, 0) is 16.8 Å². The zero-order valence-corrected chi connectivity index (χ0v) is 10.8. The first kappa shape index (κ1) is 11.6. The molecule has 1 saturated heterocycles. The molecular formula is C11H14N4O2S. The summed E-state index contributed by atoms with van der Waals surface area (Å²) in [4.78, 5) is 7.43. The Bertz CT molecular complexity index is 688. The van der Waals surface area contributed by atoms with Gasteiger partial charge in [-0.2, -0.15) is 17.4 Å². The second kappa shape index (κ2) is 4.04. The van der Waals surface area contributed by atoms with E-state index in [0.29, 0.717) is 19.6 Å². The van der Waals surface area contributed by atoms with Crippen LogP contribution in [0.25, 0.3) is 11.0 Å². The summed E-state index contributed by atoms with van der Waals surface area (Å²) in [6.45, 7) is 3.43. The Balaban J connectivity index is 1.78. The highest BCUT2D eigenvalue weighted by Gasteiger charge is 2.31. The minimum atomic E-state index is -3.28. The lowest BCUT2D eigenvalue weighted by Gasteiger charge is -2.06. The van der Waals surface area contributed by atoms with Gasteiger partial charge in [-0.1, -0.05) is 6.07 Å². The highest BCUT2D eigenvalue weighted by molar-refractivity contribution is 7.87. The van der Waals surface area contributed by atoms with Crippen LogP contribution in [0.4, 0.5) is 0 Å². The number of hydrogen-bond acceptors (Lipinski definition) is 3. The molecular weight excluding hydrogens is 252 g/mol. The first-order valence-electron chi connectivity index (χ1n) is 5.74. The van der Waals surface area contributed by atoms with Crippen LogP contribution >= 0.6 is 0 Å². The topological polar surface area (TPSA) is 77.9 Å². The standard InChI is InChI=1S/C11H14N4O2S/c1-8-13-10-3-2-9(6-11(10)14-8)7-12-18(16,17)15-4-5-15/h2-3,6,12H,4-5,7H2,1H3,(H,13,14). The summed E-state index contributed by atoms with van der Waals surface area (Å²) in [5, 5.41) is 0. The molecule has 0 aliphatic carbocycles. The van der Waals surface area contributed by atoms with E-state index in [9.17, 15) is 8.42 Å². The Labute approximate surface area is 105 Å². The maximum atomic E-state index is 11.6. The summed E-state index contributed by atoms with van der Waals surface area (Å²) in [7, 11) is -3.28. The van der Waals surface area contributed by atoms with Crippen molar-refractivity contribution in [2.45, 2.75) is 13.5 Å². The van der Waals surface area contributed by atoms with E-state index in [1.807, 2.05) is 25.1 Å². The molecule has 2 aromatic rings. The van der Waals surface area contributed by atoms with Crippen LogP contribution in [0.15, 0.2) is 18.2 Å². The summed E-state index contributed by atoms with van der Waals surface area (Å²) in [6.07, 6.45) is 0. The third-order valence-electron chi connectivity index (χ3n) is 2.87. The zero-order valence-electron chi connectivity index (χ0n) is 9.97. The van der Waals surface area contributed by atoms with Crippen molar-refractivity contribution in [2.75, 3.05) is 13.1 Å². The van der Waals surface area contributed by atoms with Gasteiger partial charge in [-0.3, -0.25) is 0 Å². The van der Waals surface area contributed by atoms with E-state index in [1.54, 1.807) is 0 Å². The lowest BCUT2D eigenvalue weighted by molar-refractivity contribution is 0.547. The number of H-pyrrole nitrogens is 1. The lowest BCUT2D eigenvalue weighted by atomic mass is 10.2. The molecule has 6 nitrogen and oxygen atoms in total. The second-order valence-corrected chi connectivity index (χ2v) is 6.15. The Morgan fingerprint density at radius 3 is 2.94 bits per heavy atom. The SMILES string of the molecule is Cc1nc2ccc(CNS(=O)(=O)N3CC3)cc2[nH]1. The van der Waals surface area contributed by atoms with Crippen molar-refractivity contribution in [3.8, 4) is 0 Å². The Kier molecular flexibility index (Phi) is 2.61. The Morgan fingerprint density at radius 2 is 2.22 bits per heavy atom. The van der Waals surface area contributed by atoms with Crippen LogP contribution in [0.5, 0.6) is 0 Å². The molecule has 1 aromatic heterocycles. The number of hydrogen-bond donors (Lipinski definition) is 2. The summed E-state index contributed by atoms with van der Waals surface area (Å²) in [5.41, 5.74) is 2.73. The van der Waals surface area contributed by atoms with Gasteiger partial charge >= 0.3 is 0 Å². The molecule has 2 heterocycles. The van der Waals surface area contributed by atoms with Gasteiger partial charge in [0.15, 0.2) is 0 Å². The molecule has 3 rings (SSSR count). The predicted molar refractivity (Wildman–Crippen MR) is 68.2 cm³/mol. The van der Waals surface area contributed by atoms with Gasteiger partial charge in [0.05, 0.1) is 11.0 Å². The first-order chi connectivity index (χ1) is 8.54. The quantitative estimate of drug-likeness (QED) is 0.792. The summed E-state index contributed by atoms with van der Waals surface area (Å²) < 4.78 is 27.2. The number of nitrogens with zero attached hydrogens (tertiary/aromatic N) is 2. The molecule has 0 atom stereocenters. The second-order valence-electron chi connectivity index (χ2n) is 4.40. The van der Waals surface area contributed by atoms with Crippen LogP contribution in [0.1, 0.15) is 11.4 Å². The van der Waals surface area contributed by atoms with Crippen molar-refractivity contribution < 1.29 is 8.42 Å². The van der Waals surface area contributed by atoms with Gasteiger partial charge in [0.1, 0.15) is 5.82 Å². The van der Waals surface area contributed by atoms with E-state index in [1.165, 1.54) is 4.31 Å². The molecule has 7 heteroatoms. The van der Waals surface area contributed by atoms with Crippen molar-refractivity contribution in [3.05, 3.63) is 29.6 Å². The number of aryl methyl sites for hydroxylation is 1. The summed E-state index contributed by atoms with van der Waals surface area (Å²) in [6, 6.07) is 5.69. The molecule has 0 spiro atoms. The fourth-order valence-corrected chi connectivity index (χ4v) is 2.94. The van der Waals surface area contributed by atoms with Crippen molar-refractivity contribution in [1.29, 1.82) is 0 Å². The number of rotatable bonds is 4. The number of nitrogens with one attached hydrogen (secondary N) is 2. The molecule has 18 heavy (non-hydrogen) atoms. The maximum absolute atomic E-state index is 11.6. The third-order valence-corrected chi connectivity index (χ3v) is 4.42. The van der Waals surface area contributed by atoms with Gasteiger partial charge in [-0.25, -0.2) is 4.98 Å². The van der Waals surface area contributed by atoms with Crippen molar-refractivity contribution in [2.24, 2.45) is 0 Å². The fraction of sp³-hybridized carbons (Fsp3) is 0.364. The highest BCUT2D eigenvalue weighted by atomic mass is 32.2. The lowest BCUT2D eigenvalue weighted by Crippen LogP contribution is -2.29. The number of imidazole rings is 1. The van der Waals surface area contributed by atoms with Crippen molar-refractivity contribution in [3.63, 3.8) is 0 Å². The van der Waals surface area contributed by atoms with Crippen LogP contribution < -0.4 is 4.72 Å². The van der Waals surface area contributed by atoms with E-state index < -0.39 is 10.2 Å². The zero-order chi connectivity index (χ0) is 12.8. The third kappa shape index (κ3) is 2.24. The van der Waals surface area contributed by atoms with E-state index in [-0.39, 0.29) is 0 Å². The fourth-order valence-electron chi connectivity index (χ4n) is 1.84. The minimum Gasteiger partial charge on any atom is -0.342 e. The molecule has 96 valence electrons. The maximum Gasteiger partial charge on any atom is 0.279 e. The van der Waals surface area contributed by atoms with E-state index in [0.717, 1.165) is 22.4 Å². The molecule has 1 aromatic carbocycles. The first-order valence-corrected chi connectivity index (χ1v) is 7.18. The van der Waals surface area contributed by atoms with Gasteiger partial charge < -0.3 is 4.98 Å². The summed E-state index contributed by atoms with van der Waals surface area (Å²) >= 11 is 0. The molecule has 2 N–H and O–H groups in total. The molecule has 1 aliphatic rings. The van der Waals surface area contributed by atoms with Crippen LogP contribution in [0.2, 0.25) is 0 Å². The highest BCUT2D eigenvalue weighted by Crippen LogP contribution is 2.15. The number of fused-ring (bicyclic) bond motifs is 1. The van der Waals surface area contributed by atoms with E-state index in [2.05, 4.69) is 14.7 Å². The number of benzene rings is 1. The van der Waals surface area contributed by atoms with Crippen molar-refractivity contribution in [1.82, 2.24) is 19.0 Å². The molecule has 1 fully saturated rings. The normalized spacial score (nSPS) is 16.3. The van der Waals surface area contributed by atoms with Crippen molar-refractivity contribution >= 4 is 21.2 Å². The molecule has 0 saturated carbocycles. The van der Waals surface area contributed by atoms with E-state index in [4.69, 9.17) is 0 Å². The van der Waals surface area contributed by atoms with Gasteiger partial charge in [0, 0.05) is 19.6 Å². The molecule has 1 aliphatic heterocycles. The Hall–Kier alpha value is -1.44. The molecule has 0 radical (unpaired) electrons. The van der Waals surface area contributed by atoms with E-state index >= 15 is 0 Å². The molecule has 0 amide bonds. The summed E-state index contributed by atoms with van der Waals surface area (Å²) in [5.74, 6) is 0.854. The van der Waals surface area contributed by atoms with Crippen LogP contribution in [0, 0.1) is 6.92 Å². The average Bonchev–Trinajstić information content (AvgIpc) is 3.09. The monoisotopic (exact) mass is 266 g/mol. The smallest absolute Gasteiger partial charge is 0.279 e. The average molecular weight is 266 g/mol. The van der Waals surface area contributed by atoms with Crippen LogP contribution in [0.3, 0.4) is 0 Å². The largest absolute Gasteiger partial charge is 0.342 e. The van der Waals surface area contributed by atoms with Gasteiger partial charge in [-0.15, -0.1) is 0 Å². The van der Waals surface area contributed by atoms with Gasteiger partial charge in [-0.05, 0) is 24.6 Å². The minimum absolute atomic E-state index is 0.298. The van der Waals surface area contributed by atoms with Crippen LogP contribution in [-0.4, -0.2) is 35.8 Å². The molecule has 0 unspecified atom stereocenters. The van der Waals surface area contributed by atoms with Gasteiger partial charge in [0.25, 0.3) is 10.2 Å². The Morgan fingerprint density at radius 1 is 1.44 bits per heavy atom. The predicted octanol–water partition coefficient (Wildman–Crippen LogP) is 0.521. The van der Waals surface area contributed by atoms with Gasteiger partial charge in [0.2, 0.25) is 0 Å². The number of aromatic amines is 1. The number of aromatic nitrogens is 2.